The van der Waals surface area contributed by atoms with Crippen molar-refractivity contribution in [2.24, 2.45) is 0 Å². The Balaban J connectivity index is 1.70. The van der Waals surface area contributed by atoms with Gasteiger partial charge in [-0.25, -0.2) is 0 Å². The summed E-state index contributed by atoms with van der Waals surface area (Å²) in [5.41, 5.74) is 2.62. The van der Waals surface area contributed by atoms with Crippen LogP contribution in [-0.2, 0) is 6.42 Å². The number of thiocarbonyl (C=S) groups is 1. The molecule has 1 heterocycles. The quantitative estimate of drug-likeness (QED) is 0.289. The predicted molar refractivity (Wildman–Crippen MR) is 126 cm³/mol. The molecule has 2 N–H and O–H groups in total. The SMILES string of the molecule is CCc1cc(I)ccc1NC(=S)NC(=O)c1ccc(-c2ccc(Cl)cc2Cl)o1. The molecule has 4 nitrogen and oxygen atoms in total. The first-order valence-corrected chi connectivity index (χ1v) is 10.6. The molecule has 3 aromatic rings. The fraction of sp³-hybridized carbons (Fsp3) is 0.100. The number of carbonyl (C=O) groups excluding carboxylic acids is 1. The van der Waals surface area contributed by atoms with Gasteiger partial charge in [0.2, 0.25) is 0 Å². The molecule has 2 aromatic carbocycles. The number of hydrogen-bond acceptors (Lipinski definition) is 3. The molecule has 28 heavy (non-hydrogen) atoms. The zero-order valence-electron chi connectivity index (χ0n) is 14.7. The minimum Gasteiger partial charge on any atom is -0.451 e. The van der Waals surface area contributed by atoms with Crippen LogP contribution in [0.5, 0.6) is 0 Å². The molecule has 0 aliphatic heterocycles. The summed E-state index contributed by atoms with van der Waals surface area (Å²) in [5.74, 6) is 0.150. The molecule has 0 radical (unpaired) electrons. The number of furan rings is 1. The maximum Gasteiger partial charge on any atom is 0.293 e. The molecule has 0 fully saturated rings. The maximum absolute atomic E-state index is 12.4. The number of benzene rings is 2. The normalized spacial score (nSPS) is 10.6. The van der Waals surface area contributed by atoms with Crippen molar-refractivity contribution in [1.29, 1.82) is 0 Å². The van der Waals surface area contributed by atoms with Gasteiger partial charge >= 0.3 is 0 Å². The minimum atomic E-state index is -0.447. The Hall–Kier alpha value is -1.61. The number of carbonyl (C=O) groups is 1. The van der Waals surface area contributed by atoms with Crippen LogP contribution in [-0.4, -0.2) is 11.0 Å². The molecule has 0 unspecified atom stereocenters. The topological polar surface area (TPSA) is 54.3 Å². The van der Waals surface area contributed by atoms with E-state index in [-0.39, 0.29) is 10.9 Å². The first kappa shape index (κ1) is 21.1. The molecule has 0 saturated heterocycles. The zero-order valence-corrected chi connectivity index (χ0v) is 19.2. The van der Waals surface area contributed by atoms with Crippen molar-refractivity contribution in [3.63, 3.8) is 0 Å². The van der Waals surface area contributed by atoms with Crippen molar-refractivity contribution < 1.29 is 9.21 Å². The summed E-state index contributed by atoms with van der Waals surface area (Å²) in [6, 6.07) is 14.3. The second kappa shape index (κ2) is 9.26. The molecule has 0 spiro atoms. The van der Waals surface area contributed by atoms with Crippen LogP contribution in [0.4, 0.5) is 5.69 Å². The number of halogens is 3. The average molecular weight is 545 g/mol. The molecule has 0 aliphatic carbocycles. The Morgan fingerprint density at radius 2 is 1.93 bits per heavy atom. The van der Waals surface area contributed by atoms with Crippen molar-refractivity contribution in [1.82, 2.24) is 5.32 Å². The van der Waals surface area contributed by atoms with Crippen molar-refractivity contribution in [3.05, 3.63) is 73.5 Å². The third-order valence-corrected chi connectivity index (χ3v) is 5.37. The van der Waals surface area contributed by atoms with Gasteiger partial charge in [-0.05, 0) is 95.3 Å². The third kappa shape index (κ3) is 5.05. The molecule has 0 bridgehead atoms. The molecule has 0 aliphatic rings. The Kier molecular flexibility index (Phi) is 6.98. The summed E-state index contributed by atoms with van der Waals surface area (Å²) in [7, 11) is 0. The summed E-state index contributed by atoms with van der Waals surface area (Å²) in [5, 5.41) is 6.86. The van der Waals surface area contributed by atoms with E-state index in [0.717, 1.165) is 21.2 Å². The number of hydrogen-bond donors (Lipinski definition) is 2. The molecule has 3 rings (SSSR count). The lowest BCUT2D eigenvalue weighted by atomic mass is 10.1. The van der Waals surface area contributed by atoms with Crippen molar-refractivity contribution >= 4 is 74.7 Å². The number of rotatable bonds is 4. The van der Waals surface area contributed by atoms with E-state index in [1.165, 1.54) is 0 Å². The Labute approximate surface area is 191 Å². The minimum absolute atomic E-state index is 0.128. The van der Waals surface area contributed by atoms with Crippen LogP contribution in [0.2, 0.25) is 10.0 Å². The highest BCUT2D eigenvalue weighted by Crippen LogP contribution is 2.31. The van der Waals surface area contributed by atoms with Crippen LogP contribution < -0.4 is 10.6 Å². The van der Waals surface area contributed by atoms with Crippen molar-refractivity contribution in [2.45, 2.75) is 13.3 Å². The van der Waals surface area contributed by atoms with Gasteiger partial charge in [0.25, 0.3) is 5.91 Å². The lowest BCUT2D eigenvalue weighted by molar-refractivity contribution is 0.0951. The van der Waals surface area contributed by atoms with Gasteiger partial charge in [0.15, 0.2) is 10.9 Å². The average Bonchev–Trinajstić information content (AvgIpc) is 3.13. The van der Waals surface area contributed by atoms with Gasteiger partial charge in [-0.15, -0.1) is 0 Å². The van der Waals surface area contributed by atoms with E-state index in [1.807, 2.05) is 12.1 Å². The summed E-state index contributed by atoms with van der Waals surface area (Å²) < 4.78 is 6.77. The highest BCUT2D eigenvalue weighted by Gasteiger charge is 2.16. The number of nitrogens with one attached hydrogen (secondary N) is 2. The van der Waals surface area contributed by atoms with Crippen molar-refractivity contribution in [3.8, 4) is 11.3 Å². The smallest absolute Gasteiger partial charge is 0.293 e. The Bertz CT molecular complexity index is 1050. The predicted octanol–water partition coefficient (Wildman–Crippen LogP) is 6.55. The van der Waals surface area contributed by atoms with Gasteiger partial charge in [0, 0.05) is 19.8 Å². The Morgan fingerprint density at radius 3 is 2.64 bits per heavy atom. The first-order chi connectivity index (χ1) is 13.4. The summed E-state index contributed by atoms with van der Waals surface area (Å²) in [4.78, 5) is 12.4. The first-order valence-electron chi connectivity index (χ1n) is 8.33. The monoisotopic (exact) mass is 544 g/mol. The molecule has 0 atom stereocenters. The summed E-state index contributed by atoms with van der Waals surface area (Å²) in [6.45, 7) is 2.06. The van der Waals surface area contributed by atoms with E-state index in [2.05, 4.69) is 46.2 Å². The second-order valence-electron chi connectivity index (χ2n) is 5.85. The molecule has 0 saturated carbocycles. The molecular weight excluding hydrogens is 530 g/mol. The molecule has 1 aromatic heterocycles. The van der Waals surface area contributed by atoms with Gasteiger partial charge in [-0.1, -0.05) is 30.1 Å². The van der Waals surface area contributed by atoms with Gasteiger partial charge < -0.3 is 9.73 Å². The van der Waals surface area contributed by atoms with E-state index in [9.17, 15) is 4.79 Å². The van der Waals surface area contributed by atoms with Crippen LogP contribution in [0.3, 0.4) is 0 Å². The maximum atomic E-state index is 12.4. The second-order valence-corrected chi connectivity index (χ2v) is 8.35. The lowest BCUT2D eigenvalue weighted by Gasteiger charge is -2.12. The number of amides is 1. The zero-order chi connectivity index (χ0) is 20.3. The molecular formula is C20H15Cl2IN2O2S. The van der Waals surface area contributed by atoms with Crippen LogP contribution in [0.25, 0.3) is 11.3 Å². The largest absolute Gasteiger partial charge is 0.451 e. The number of anilines is 1. The summed E-state index contributed by atoms with van der Waals surface area (Å²) >= 11 is 19.6. The van der Waals surface area contributed by atoms with E-state index in [1.54, 1.807) is 30.3 Å². The van der Waals surface area contributed by atoms with Crippen LogP contribution >= 0.6 is 58.0 Å². The third-order valence-electron chi connectivity index (χ3n) is 3.95. The van der Waals surface area contributed by atoms with E-state index in [0.29, 0.717) is 21.4 Å². The van der Waals surface area contributed by atoms with Crippen LogP contribution in [0, 0.1) is 3.57 Å². The van der Waals surface area contributed by atoms with E-state index in [4.69, 9.17) is 39.8 Å². The fourth-order valence-electron chi connectivity index (χ4n) is 2.59. The fourth-order valence-corrected chi connectivity index (χ4v) is 3.85. The highest BCUT2D eigenvalue weighted by molar-refractivity contribution is 14.1. The molecule has 144 valence electrons. The van der Waals surface area contributed by atoms with E-state index < -0.39 is 5.91 Å². The number of aryl methyl sites for hydroxylation is 1. The Morgan fingerprint density at radius 1 is 1.14 bits per heavy atom. The standard InChI is InChI=1S/C20H15Cl2IN2O2S/c1-2-11-9-13(23)4-6-16(11)24-20(28)25-19(26)18-8-7-17(27-18)14-5-3-12(21)10-15(14)22/h3-10H,2H2,1H3,(H2,24,25,26,28). The van der Waals surface area contributed by atoms with Gasteiger partial charge in [0.05, 0.1) is 5.02 Å². The van der Waals surface area contributed by atoms with Gasteiger partial charge in [-0.3, -0.25) is 10.1 Å². The van der Waals surface area contributed by atoms with E-state index >= 15 is 0 Å². The lowest BCUT2D eigenvalue weighted by Crippen LogP contribution is -2.34. The molecule has 8 heteroatoms. The van der Waals surface area contributed by atoms with Gasteiger partial charge in [0.1, 0.15) is 5.76 Å². The summed E-state index contributed by atoms with van der Waals surface area (Å²) in [6.07, 6.45) is 0.846. The molecule has 1 amide bonds. The van der Waals surface area contributed by atoms with Crippen molar-refractivity contribution in [2.75, 3.05) is 5.32 Å². The van der Waals surface area contributed by atoms with Crippen LogP contribution in [0.15, 0.2) is 52.9 Å². The highest BCUT2D eigenvalue weighted by atomic mass is 127. The van der Waals surface area contributed by atoms with Gasteiger partial charge in [-0.2, -0.15) is 0 Å². The van der Waals surface area contributed by atoms with Crippen LogP contribution in [0.1, 0.15) is 23.0 Å².